The lowest BCUT2D eigenvalue weighted by molar-refractivity contribution is 0.144. The minimum atomic E-state index is 0.869. The van der Waals surface area contributed by atoms with Crippen LogP contribution in [-0.2, 0) is 0 Å². The maximum atomic E-state index is 4.04. The lowest BCUT2D eigenvalue weighted by atomic mass is 9.71. The molecule has 0 aromatic carbocycles. The fourth-order valence-electron chi connectivity index (χ4n) is 5.25. The first-order valence-electron chi connectivity index (χ1n) is 9.67. The Morgan fingerprint density at radius 2 is 1.20 bits per heavy atom. The molecule has 3 fully saturated rings. The summed E-state index contributed by atoms with van der Waals surface area (Å²) in [6.45, 7) is 1.33. The molecular weight excluding hydrogens is 242 g/mol. The molecule has 0 aliphatic heterocycles. The molecule has 1 nitrogen and oxygen atoms in total. The maximum absolute atomic E-state index is 4.04. The van der Waals surface area contributed by atoms with Crippen LogP contribution in [0.15, 0.2) is 0 Å². The van der Waals surface area contributed by atoms with Gasteiger partial charge in [-0.05, 0) is 50.0 Å². The lowest BCUT2D eigenvalue weighted by Gasteiger charge is -2.40. The van der Waals surface area contributed by atoms with Crippen molar-refractivity contribution >= 4 is 0 Å². The average Bonchev–Trinajstić information content (AvgIpc) is 2.55. The Bertz CT molecular complexity index is 263. The van der Waals surface area contributed by atoms with Crippen molar-refractivity contribution in [1.82, 2.24) is 5.32 Å². The van der Waals surface area contributed by atoms with Crippen molar-refractivity contribution in [2.75, 3.05) is 6.54 Å². The van der Waals surface area contributed by atoms with E-state index in [0.717, 1.165) is 23.8 Å². The standard InChI is InChI=1S/C19H35N/c1-3-9-16(10-4-1)15-20-19-14-8-7-13-18(19)17-11-5-2-6-12-17/h16-20H,1-15H2. The van der Waals surface area contributed by atoms with Gasteiger partial charge in [0, 0.05) is 6.04 Å². The quantitative estimate of drug-likeness (QED) is 0.735. The minimum absolute atomic E-state index is 0.869. The lowest BCUT2D eigenvalue weighted by Crippen LogP contribution is -2.44. The van der Waals surface area contributed by atoms with Gasteiger partial charge in [-0.25, -0.2) is 0 Å². The molecular formula is C19H35N. The zero-order valence-electron chi connectivity index (χ0n) is 13.4. The summed E-state index contributed by atoms with van der Waals surface area (Å²) in [5, 5.41) is 4.04. The summed E-state index contributed by atoms with van der Waals surface area (Å²) in [6.07, 6.45) is 21.0. The third-order valence-electron chi connectivity index (χ3n) is 6.47. The normalized spacial score (nSPS) is 34.2. The van der Waals surface area contributed by atoms with E-state index in [1.54, 1.807) is 0 Å². The van der Waals surface area contributed by atoms with Crippen LogP contribution in [0.4, 0.5) is 0 Å². The van der Waals surface area contributed by atoms with Gasteiger partial charge in [-0.3, -0.25) is 0 Å². The number of nitrogens with one attached hydrogen (secondary N) is 1. The number of hydrogen-bond donors (Lipinski definition) is 1. The number of hydrogen-bond acceptors (Lipinski definition) is 1. The molecule has 2 unspecified atom stereocenters. The molecule has 0 amide bonds. The van der Waals surface area contributed by atoms with Gasteiger partial charge in [0.15, 0.2) is 0 Å². The Kier molecular flexibility index (Phi) is 5.82. The molecule has 3 rings (SSSR count). The Morgan fingerprint density at radius 1 is 0.600 bits per heavy atom. The molecule has 3 aliphatic rings. The van der Waals surface area contributed by atoms with E-state index in [9.17, 15) is 0 Å². The van der Waals surface area contributed by atoms with Crippen molar-refractivity contribution in [3.05, 3.63) is 0 Å². The molecule has 2 atom stereocenters. The van der Waals surface area contributed by atoms with E-state index < -0.39 is 0 Å². The summed E-state index contributed by atoms with van der Waals surface area (Å²) in [5.74, 6) is 3.08. The van der Waals surface area contributed by atoms with Crippen LogP contribution in [0, 0.1) is 17.8 Å². The largest absolute Gasteiger partial charge is 0.313 e. The van der Waals surface area contributed by atoms with Crippen LogP contribution in [0.1, 0.15) is 89.9 Å². The maximum Gasteiger partial charge on any atom is 0.00980 e. The van der Waals surface area contributed by atoms with Crippen molar-refractivity contribution in [3.8, 4) is 0 Å². The van der Waals surface area contributed by atoms with Crippen molar-refractivity contribution in [2.45, 2.75) is 95.9 Å². The Balaban J connectivity index is 1.49. The van der Waals surface area contributed by atoms with Crippen LogP contribution in [-0.4, -0.2) is 12.6 Å². The molecule has 0 saturated heterocycles. The summed E-state index contributed by atoms with van der Waals surface area (Å²) < 4.78 is 0. The van der Waals surface area contributed by atoms with Crippen molar-refractivity contribution in [1.29, 1.82) is 0 Å². The summed E-state index contributed by atoms with van der Waals surface area (Å²) in [7, 11) is 0. The number of rotatable bonds is 4. The van der Waals surface area contributed by atoms with Crippen LogP contribution in [0.5, 0.6) is 0 Å². The monoisotopic (exact) mass is 277 g/mol. The van der Waals surface area contributed by atoms with Gasteiger partial charge in [-0.2, -0.15) is 0 Å². The van der Waals surface area contributed by atoms with Gasteiger partial charge in [-0.1, -0.05) is 64.2 Å². The minimum Gasteiger partial charge on any atom is -0.313 e. The highest BCUT2D eigenvalue weighted by atomic mass is 14.9. The van der Waals surface area contributed by atoms with Gasteiger partial charge in [-0.15, -0.1) is 0 Å². The van der Waals surface area contributed by atoms with Crippen molar-refractivity contribution in [2.24, 2.45) is 17.8 Å². The van der Waals surface area contributed by atoms with Gasteiger partial charge in [0.1, 0.15) is 0 Å². The van der Waals surface area contributed by atoms with Crippen LogP contribution < -0.4 is 5.32 Å². The zero-order chi connectivity index (χ0) is 13.6. The second kappa shape index (κ2) is 7.82. The van der Waals surface area contributed by atoms with Crippen molar-refractivity contribution < 1.29 is 0 Å². The first-order chi connectivity index (χ1) is 9.93. The molecule has 20 heavy (non-hydrogen) atoms. The molecule has 0 radical (unpaired) electrons. The predicted octanol–water partition coefficient (Wildman–Crippen LogP) is 5.30. The molecule has 1 heteroatoms. The van der Waals surface area contributed by atoms with E-state index in [2.05, 4.69) is 5.32 Å². The van der Waals surface area contributed by atoms with E-state index in [1.165, 1.54) is 96.4 Å². The van der Waals surface area contributed by atoms with Gasteiger partial charge in [0.25, 0.3) is 0 Å². The van der Waals surface area contributed by atoms with E-state index in [-0.39, 0.29) is 0 Å². The van der Waals surface area contributed by atoms with Gasteiger partial charge < -0.3 is 5.32 Å². The first-order valence-corrected chi connectivity index (χ1v) is 9.67. The molecule has 3 aliphatic carbocycles. The molecule has 0 aromatic rings. The predicted molar refractivity (Wildman–Crippen MR) is 86.9 cm³/mol. The third kappa shape index (κ3) is 4.00. The van der Waals surface area contributed by atoms with Gasteiger partial charge in [0.05, 0.1) is 0 Å². The first kappa shape index (κ1) is 14.9. The van der Waals surface area contributed by atoms with Gasteiger partial charge >= 0.3 is 0 Å². The second-order valence-corrected chi connectivity index (χ2v) is 7.87. The highest BCUT2D eigenvalue weighted by molar-refractivity contribution is 4.87. The van der Waals surface area contributed by atoms with E-state index >= 15 is 0 Å². The SMILES string of the molecule is C1CCC(CNC2CCCCC2C2CCCCC2)CC1. The molecule has 0 heterocycles. The van der Waals surface area contributed by atoms with E-state index in [1.807, 2.05) is 0 Å². The summed E-state index contributed by atoms with van der Waals surface area (Å²) in [4.78, 5) is 0. The zero-order valence-corrected chi connectivity index (χ0v) is 13.4. The van der Waals surface area contributed by atoms with Gasteiger partial charge in [0.2, 0.25) is 0 Å². The fourth-order valence-corrected chi connectivity index (χ4v) is 5.25. The van der Waals surface area contributed by atoms with Crippen molar-refractivity contribution in [3.63, 3.8) is 0 Å². The summed E-state index contributed by atoms with van der Waals surface area (Å²) in [5.41, 5.74) is 0. The van der Waals surface area contributed by atoms with Crippen LogP contribution >= 0.6 is 0 Å². The smallest absolute Gasteiger partial charge is 0.00980 e. The van der Waals surface area contributed by atoms with Crippen LogP contribution in [0.25, 0.3) is 0 Å². The Labute approximate surface area is 126 Å². The average molecular weight is 277 g/mol. The molecule has 0 spiro atoms. The third-order valence-corrected chi connectivity index (χ3v) is 6.47. The summed E-state index contributed by atoms with van der Waals surface area (Å²) >= 11 is 0. The second-order valence-electron chi connectivity index (χ2n) is 7.87. The molecule has 0 aromatic heterocycles. The fraction of sp³-hybridized carbons (Fsp3) is 1.00. The molecule has 3 saturated carbocycles. The van der Waals surface area contributed by atoms with E-state index in [0.29, 0.717) is 0 Å². The summed E-state index contributed by atoms with van der Waals surface area (Å²) in [6, 6.07) is 0.869. The molecule has 116 valence electrons. The van der Waals surface area contributed by atoms with Crippen LogP contribution in [0.3, 0.4) is 0 Å². The van der Waals surface area contributed by atoms with Crippen LogP contribution in [0.2, 0.25) is 0 Å². The van der Waals surface area contributed by atoms with E-state index in [4.69, 9.17) is 0 Å². The highest BCUT2D eigenvalue weighted by Gasteiger charge is 2.32. The Hall–Kier alpha value is -0.0400. The topological polar surface area (TPSA) is 12.0 Å². The Morgan fingerprint density at radius 3 is 1.95 bits per heavy atom. The molecule has 0 bridgehead atoms. The highest BCUT2D eigenvalue weighted by Crippen LogP contribution is 2.38. The molecule has 1 N–H and O–H groups in total.